The molecule has 0 saturated carbocycles. The summed E-state index contributed by atoms with van der Waals surface area (Å²) in [5.74, 6) is 0.940. The van der Waals surface area contributed by atoms with Gasteiger partial charge in [0, 0.05) is 38.0 Å². The summed E-state index contributed by atoms with van der Waals surface area (Å²) in [4.78, 5) is 20.7. The number of aromatic nitrogens is 2. The molecule has 3 aromatic rings. The first-order chi connectivity index (χ1) is 14.4. The van der Waals surface area contributed by atoms with Gasteiger partial charge in [-0.2, -0.15) is 0 Å². The third kappa shape index (κ3) is 4.41. The van der Waals surface area contributed by atoms with E-state index in [9.17, 15) is 4.79 Å². The molecule has 5 heteroatoms. The second-order valence-electron chi connectivity index (χ2n) is 8.70. The molecule has 1 amide bonds. The minimum atomic E-state index is -0.0477. The Hall–Kier alpha value is -2.66. The quantitative estimate of drug-likeness (QED) is 0.643. The molecule has 0 aliphatic carbocycles. The molecule has 158 valence electrons. The maximum absolute atomic E-state index is 12.7. The van der Waals surface area contributed by atoms with Crippen LogP contribution in [0.5, 0.6) is 0 Å². The number of aromatic amines is 1. The van der Waals surface area contributed by atoms with Gasteiger partial charge in [-0.15, -0.1) is 0 Å². The van der Waals surface area contributed by atoms with Crippen molar-refractivity contribution in [1.82, 2.24) is 15.3 Å². The molecular formula is C25H31N3O2. The molecule has 5 nitrogen and oxygen atoms in total. The van der Waals surface area contributed by atoms with Crippen LogP contribution in [-0.4, -0.2) is 35.6 Å². The van der Waals surface area contributed by atoms with Crippen LogP contribution in [0, 0.1) is 20.8 Å². The van der Waals surface area contributed by atoms with Gasteiger partial charge in [0.15, 0.2) is 0 Å². The average Bonchev–Trinajstić information content (AvgIpc) is 3.15. The van der Waals surface area contributed by atoms with Crippen LogP contribution in [0.15, 0.2) is 36.4 Å². The van der Waals surface area contributed by atoms with Crippen molar-refractivity contribution in [2.75, 3.05) is 19.8 Å². The third-order valence-corrected chi connectivity index (χ3v) is 6.26. The molecule has 1 saturated heterocycles. The van der Waals surface area contributed by atoms with Gasteiger partial charge in [-0.3, -0.25) is 4.79 Å². The maximum atomic E-state index is 12.7. The summed E-state index contributed by atoms with van der Waals surface area (Å²) in [7, 11) is 0. The Kier molecular flexibility index (Phi) is 5.91. The third-order valence-electron chi connectivity index (χ3n) is 6.26. The van der Waals surface area contributed by atoms with Crippen LogP contribution in [0.25, 0.3) is 11.0 Å². The molecule has 1 aliphatic heterocycles. The Morgan fingerprint density at radius 3 is 2.70 bits per heavy atom. The van der Waals surface area contributed by atoms with Gasteiger partial charge in [0.25, 0.3) is 0 Å². The van der Waals surface area contributed by atoms with Crippen LogP contribution in [-0.2, 0) is 21.4 Å². The molecule has 2 N–H and O–H groups in total. The van der Waals surface area contributed by atoms with Gasteiger partial charge in [0.2, 0.25) is 5.91 Å². The number of hydrogen-bond acceptors (Lipinski definition) is 3. The lowest BCUT2D eigenvalue weighted by Gasteiger charge is -2.38. The van der Waals surface area contributed by atoms with E-state index in [4.69, 9.17) is 9.72 Å². The zero-order valence-corrected chi connectivity index (χ0v) is 18.2. The number of ether oxygens (including phenoxy) is 1. The van der Waals surface area contributed by atoms with Crippen molar-refractivity contribution >= 4 is 16.9 Å². The minimum Gasteiger partial charge on any atom is -0.381 e. The molecular weight excluding hydrogens is 374 g/mol. The average molecular weight is 406 g/mol. The Bertz CT molecular complexity index is 1050. The van der Waals surface area contributed by atoms with Crippen molar-refractivity contribution in [3.05, 3.63) is 64.5 Å². The lowest BCUT2D eigenvalue weighted by atomic mass is 9.73. The van der Waals surface area contributed by atoms with Crippen LogP contribution in [0.2, 0.25) is 0 Å². The molecule has 1 aromatic heterocycles. The van der Waals surface area contributed by atoms with Crippen molar-refractivity contribution in [2.45, 2.75) is 51.9 Å². The van der Waals surface area contributed by atoms with E-state index in [0.29, 0.717) is 19.4 Å². The highest BCUT2D eigenvalue weighted by atomic mass is 16.5. The van der Waals surface area contributed by atoms with E-state index in [1.165, 1.54) is 16.7 Å². The standard InChI is InChI=1S/C25H31N3O2/c1-17-5-4-6-20(14-17)25(9-11-30-12-10-25)16-26-23(29)8-7-22-27-21-15-18(2)13-19(3)24(21)28-22/h4-6,13-15H,7-12,16H2,1-3H3,(H,26,29)(H,27,28). The summed E-state index contributed by atoms with van der Waals surface area (Å²) in [6.45, 7) is 8.40. The highest BCUT2D eigenvalue weighted by molar-refractivity contribution is 5.80. The number of nitrogens with zero attached hydrogens (tertiary/aromatic N) is 1. The lowest BCUT2D eigenvalue weighted by molar-refractivity contribution is -0.121. The van der Waals surface area contributed by atoms with Gasteiger partial charge in [-0.1, -0.05) is 35.9 Å². The van der Waals surface area contributed by atoms with E-state index in [-0.39, 0.29) is 11.3 Å². The normalized spacial score (nSPS) is 16.0. The fourth-order valence-electron chi connectivity index (χ4n) is 4.53. The lowest BCUT2D eigenvalue weighted by Crippen LogP contribution is -2.44. The van der Waals surface area contributed by atoms with Crippen LogP contribution < -0.4 is 5.32 Å². The number of hydrogen-bond donors (Lipinski definition) is 2. The Balaban J connectivity index is 1.40. The van der Waals surface area contributed by atoms with Gasteiger partial charge < -0.3 is 15.0 Å². The first-order valence-corrected chi connectivity index (χ1v) is 10.8. The van der Waals surface area contributed by atoms with E-state index >= 15 is 0 Å². The van der Waals surface area contributed by atoms with Gasteiger partial charge >= 0.3 is 0 Å². The highest BCUT2D eigenvalue weighted by Crippen LogP contribution is 2.34. The smallest absolute Gasteiger partial charge is 0.220 e. The van der Waals surface area contributed by atoms with Crippen LogP contribution in [0.3, 0.4) is 0 Å². The molecule has 0 bridgehead atoms. The number of benzene rings is 2. The molecule has 2 aromatic carbocycles. The van der Waals surface area contributed by atoms with Gasteiger partial charge in [0.05, 0.1) is 11.0 Å². The second-order valence-corrected chi connectivity index (χ2v) is 8.70. The minimum absolute atomic E-state index is 0.0477. The van der Waals surface area contributed by atoms with Crippen molar-refractivity contribution in [1.29, 1.82) is 0 Å². The number of nitrogens with one attached hydrogen (secondary N) is 2. The monoisotopic (exact) mass is 405 g/mol. The Labute approximate surface area is 178 Å². The summed E-state index contributed by atoms with van der Waals surface area (Å²) < 4.78 is 5.61. The number of carbonyl (C=O) groups is 1. The number of amides is 1. The Morgan fingerprint density at radius 1 is 1.13 bits per heavy atom. The summed E-state index contributed by atoms with van der Waals surface area (Å²) in [6, 6.07) is 12.9. The summed E-state index contributed by atoms with van der Waals surface area (Å²) in [5, 5.41) is 3.20. The van der Waals surface area contributed by atoms with Crippen molar-refractivity contribution < 1.29 is 9.53 Å². The summed E-state index contributed by atoms with van der Waals surface area (Å²) in [6.07, 6.45) is 2.90. The summed E-state index contributed by atoms with van der Waals surface area (Å²) in [5.41, 5.74) is 6.92. The molecule has 1 aliphatic rings. The van der Waals surface area contributed by atoms with Gasteiger partial charge in [-0.25, -0.2) is 4.98 Å². The van der Waals surface area contributed by atoms with Crippen molar-refractivity contribution in [3.63, 3.8) is 0 Å². The molecule has 0 radical (unpaired) electrons. The molecule has 0 atom stereocenters. The fraction of sp³-hybridized carbons (Fsp3) is 0.440. The van der Waals surface area contributed by atoms with Crippen LogP contribution in [0.4, 0.5) is 0 Å². The van der Waals surface area contributed by atoms with E-state index < -0.39 is 0 Å². The first kappa shape index (κ1) is 20.6. The molecule has 4 rings (SSSR count). The number of rotatable bonds is 6. The van der Waals surface area contributed by atoms with E-state index in [0.717, 1.165) is 48.5 Å². The SMILES string of the molecule is Cc1cccc(C2(CNC(=O)CCc3nc4c(C)cc(C)cc4[nH]3)CCOCC2)c1. The first-order valence-electron chi connectivity index (χ1n) is 10.8. The topological polar surface area (TPSA) is 67.0 Å². The number of carbonyl (C=O) groups excluding carboxylic acids is 1. The largest absolute Gasteiger partial charge is 0.381 e. The van der Waals surface area contributed by atoms with Gasteiger partial charge in [-0.05, 0) is 56.4 Å². The molecule has 0 unspecified atom stereocenters. The second kappa shape index (κ2) is 8.60. The zero-order valence-electron chi connectivity index (χ0n) is 18.2. The van der Waals surface area contributed by atoms with Crippen molar-refractivity contribution in [3.8, 4) is 0 Å². The Morgan fingerprint density at radius 2 is 1.93 bits per heavy atom. The number of H-pyrrole nitrogens is 1. The van der Waals surface area contributed by atoms with Gasteiger partial charge in [0.1, 0.15) is 5.82 Å². The molecule has 2 heterocycles. The van der Waals surface area contributed by atoms with Crippen LogP contribution in [0.1, 0.15) is 47.3 Å². The van der Waals surface area contributed by atoms with E-state index in [2.05, 4.69) is 67.5 Å². The highest BCUT2D eigenvalue weighted by Gasteiger charge is 2.34. The van der Waals surface area contributed by atoms with E-state index in [1.807, 2.05) is 0 Å². The number of imidazole rings is 1. The predicted octanol–water partition coefficient (Wildman–Crippen LogP) is 4.29. The zero-order chi connectivity index (χ0) is 21.1. The maximum Gasteiger partial charge on any atom is 0.220 e. The van der Waals surface area contributed by atoms with Crippen molar-refractivity contribution in [2.24, 2.45) is 0 Å². The molecule has 0 spiro atoms. The number of aryl methyl sites for hydroxylation is 4. The fourth-order valence-corrected chi connectivity index (χ4v) is 4.53. The molecule has 30 heavy (non-hydrogen) atoms. The van der Waals surface area contributed by atoms with Crippen LogP contribution >= 0.6 is 0 Å². The summed E-state index contributed by atoms with van der Waals surface area (Å²) >= 11 is 0. The number of fused-ring (bicyclic) bond motifs is 1. The van der Waals surface area contributed by atoms with E-state index in [1.54, 1.807) is 0 Å². The molecule has 1 fully saturated rings. The predicted molar refractivity (Wildman–Crippen MR) is 120 cm³/mol.